The fraction of sp³-hybridized carbons (Fsp3) is 0.500. The van der Waals surface area contributed by atoms with E-state index in [0.29, 0.717) is 38.0 Å². The van der Waals surface area contributed by atoms with Gasteiger partial charge in [-0.3, -0.25) is 14.4 Å². The molecule has 0 aliphatic carbocycles. The summed E-state index contributed by atoms with van der Waals surface area (Å²) in [4.78, 5) is 39.9. The molecule has 2 atom stereocenters. The van der Waals surface area contributed by atoms with E-state index in [1.165, 1.54) is 34.1 Å². The summed E-state index contributed by atoms with van der Waals surface area (Å²) in [5.41, 5.74) is -0.401. The minimum Gasteiger partial charge on any atom is -0.481 e. The first-order chi connectivity index (χ1) is 11.8. The van der Waals surface area contributed by atoms with E-state index in [-0.39, 0.29) is 24.2 Å². The number of benzene rings is 1. The van der Waals surface area contributed by atoms with E-state index >= 15 is 0 Å². The van der Waals surface area contributed by atoms with Crippen molar-refractivity contribution in [1.29, 1.82) is 0 Å². The number of amides is 2. The van der Waals surface area contributed by atoms with Gasteiger partial charge in [0.05, 0.1) is 5.41 Å². The van der Waals surface area contributed by atoms with Gasteiger partial charge in [0.15, 0.2) is 0 Å². The van der Waals surface area contributed by atoms with Crippen molar-refractivity contribution in [2.24, 2.45) is 11.3 Å². The highest BCUT2D eigenvalue weighted by Crippen LogP contribution is 2.32. The van der Waals surface area contributed by atoms with E-state index in [1.807, 2.05) is 0 Å². The molecule has 7 heteroatoms. The molecule has 3 rings (SSSR count). The van der Waals surface area contributed by atoms with E-state index in [4.69, 9.17) is 0 Å². The van der Waals surface area contributed by atoms with Crippen molar-refractivity contribution in [2.45, 2.75) is 26.2 Å². The Labute approximate surface area is 145 Å². The van der Waals surface area contributed by atoms with Gasteiger partial charge in [0.2, 0.25) is 11.8 Å². The second kappa shape index (κ2) is 6.46. The monoisotopic (exact) mass is 348 g/mol. The predicted molar refractivity (Wildman–Crippen MR) is 88.4 cm³/mol. The number of anilines is 1. The molecule has 2 amide bonds. The van der Waals surface area contributed by atoms with Gasteiger partial charge >= 0.3 is 5.97 Å². The molecule has 2 fully saturated rings. The number of halogens is 1. The van der Waals surface area contributed by atoms with Gasteiger partial charge in [0, 0.05) is 25.3 Å². The Kier molecular flexibility index (Phi) is 4.49. The summed E-state index contributed by atoms with van der Waals surface area (Å²) in [5.74, 6) is -2.71. The maximum absolute atomic E-state index is 13.0. The lowest BCUT2D eigenvalue weighted by Gasteiger charge is -2.38. The van der Waals surface area contributed by atoms with Gasteiger partial charge in [0.1, 0.15) is 11.7 Å². The van der Waals surface area contributed by atoms with Crippen LogP contribution in [0.1, 0.15) is 26.2 Å². The predicted octanol–water partition coefficient (Wildman–Crippen LogP) is 1.89. The van der Waals surface area contributed by atoms with Crippen LogP contribution in [0.4, 0.5) is 10.1 Å². The zero-order valence-electron chi connectivity index (χ0n) is 14.1. The number of piperidine rings is 1. The molecule has 2 heterocycles. The minimum atomic E-state index is -0.966. The number of carboxylic acid groups (broad SMARTS) is 1. The highest BCUT2D eigenvalue weighted by molar-refractivity contribution is 6.09. The zero-order valence-corrected chi connectivity index (χ0v) is 14.1. The lowest BCUT2D eigenvalue weighted by atomic mass is 9.81. The summed E-state index contributed by atoms with van der Waals surface area (Å²) < 4.78 is 13.0. The number of nitrogens with zero attached hydrogens (tertiary/aromatic N) is 2. The largest absolute Gasteiger partial charge is 0.481 e. The maximum atomic E-state index is 13.0. The summed E-state index contributed by atoms with van der Waals surface area (Å²) in [6, 6.07) is 5.59. The van der Waals surface area contributed by atoms with Crippen molar-refractivity contribution >= 4 is 23.5 Å². The third-order valence-electron chi connectivity index (χ3n) is 5.17. The van der Waals surface area contributed by atoms with Crippen molar-refractivity contribution in [1.82, 2.24) is 4.90 Å². The Morgan fingerprint density at radius 3 is 2.56 bits per heavy atom. The Balaban J connectivity index is 1.72. The summed E-state index contributed by atoms with van der Waals surface area (Å²) in [6.45, 7) is 2.63. The lowest BCUT2D eigenvalue weighted by molar-refractivity contribution is -0.154. The Morgan fingerprint density at radius 1 is 1.24 bits per heavy atom. The van der Waals surface area contributed by atoms with Crippen LogP contribution in [-0.2, 0) is 14.4 Å². The van der Waals surface area contributed by atoms with Gasteiger partial charge in [-0.15, -0.1) is 0 Å². The summed E-state index contributed by atoms with van der Waals surface area (Å²) in [6.07, 6.45) is 1.51. The number of hydrogen-bond acceptors (Lipinski definition) is 3. The van der Waals surface area contributed by atoms with Gasteiger partial charge < -0.3 is 14.9 Å². The van der Waals surface area contributed by atoms with Gasteiger partial charge in [-0.2, -0.15) is 0 Å². The molecular formula is C18H21FN2O4. The van der Waals surface area contributed by atoms with Gasteiger partial charge in [-0.05, 0) is 50.5 Å². The number of likely N-dealkylation sites (tertiary alicyclic amines) is 1. The first kappa shape index (κ1) is 17.4. The highest BCUT2D eigenvalue weighted by atomic mass is 19.1. The van der Waals surface area contributed by atoms with Crippen molar-refractivity contribution in [2.75, 3.05) is 24.5 Å². The van der Waals surface area contributed by atoms with Crippen LogP contribution < -0.4 is 4.90 Å². The van der Waals surface area contributed by atoms with Crippen LogP contribution in [0.15, 0.2) is 24.3 Å². The molecule has 1 aromatic rings. The SMILES string of the molecule is CC1(C(=O)O)CCCN(C(=O)C2CCN(c3ccc(F)cc3)C2=O)C1. The molecule has 134 valence electrons. The van der Waals surface area contributed by atoms with Crippen molar-refractivity contribution in [3.05, 3.63) is 30.1 Å². The van der Waals surface area contributed by atoms with E-state index in [1.54, 1.807) is 6.92 Å². The van der Waals surface area contributed by atoms with Gasteiger partial charge in [-0.1, -0.05) is 0 Å². The minimum absolute atomic E-state index is 0.126. The quantitative estimate of drug-likeness (QED) is 0.846. The standard InChI is InChI=1S/C18H21FN2O4/c1-18(17(24)25)8-2-9-20(11-18)15(22)14-7-10-21(16(14)23)13-5-3-12(19)4-6-13/h3-6,14H,2,7-11H2,1H3,(H,24,25). The number of aliphatic carboxylic acids is 1. The molecule has 2 saturated heterocycles. The van der Waals surface area contributed by atoms with Gasteiger partial charge in [0.25, 0.3) is 0 Å². The molecule has 6 nitrogen and oxygen atoms in total. The molecule has 0 radical (unpaired) electrons. The molecule has 2 unspecified atom stereocenters. The third kappa shape index (κ3) is 3.23. The molecular weight excluding hydrogens is 327 g/mol. The zero-order chi connectivity index (χ0) is 18.2. The first-order valence-electron chi connectivity index (χ1n) is 8.41. The van der Waals surface area contributed by atoms with Crippen molar-refractivity contribution in [3.63, 3.8) is 0 Å². The van der Waals surface area contributed by atoms with Crippen LogP contribution in [0, 0.1) is 17.2 Å². The average molecular weight is 348 g/mol. The van der Waals surface area contributed by atoms with Crippen LogP contribution in [0.25, 0.3) is 0 Å². The fourth-order valence-corrected chi connectivity index (χ4v) is 3.61. The molecule has 0 aromatic heterocycles. The second-order valence-electron chi connectivity index (χ2n) is 7.04. The van der Waals surface area contributed by atoms with E-state index in [9.17, 15) is 23.9 Å². The van der Waals surface area contributed by atoms with Gasteiger partial charge in [-0.25, -0.2) is 4.39 Å². The normalized spacial score (nSPS) is 26.8. The maximum Gasteiger partial charge on any atom is 0.311 e. The molecule has 1 aromatic carbocycles. The van der Waals surface area contributed by atoms with Crippen LogP contribution in [0.5, 0.6) is 0 Å². The Hall–Kier alpha value is -2.44. The first-order valence-corrected chi connectivity index (χ1v) is 8.41. The number of hydrogen-bond donors (Lipinski definition) is 1. The van der Waals surface area contributed by atoms with Crippen LogP contribution >= 0.6 is 0 Å². The summed E-state index contributed by atoms with van der Waals surface area (Å²) in [7, 11) is 0. The number of carbonyl (C=O) groups excluding carboxylic acids is 2. The molecule has 0 spiro atoms. The molecule has 2 aliphatic heterocycles. The number of rotatable bonds is 3. The topological polar surface area (TPSA) is 77.9 Å². The number of carboxylic acids is 1. The Bertz CT molecular complexity index is 706. The average Bonchev–Trinajstić information content (AvgIpc) is 2.96. The van der Waals surface area contributed by atoms with E-state index in [2.05, 4.69) is 0 Å². The van der Waals surface area contributed by atoms with Crippen LogP contribution in [0.3, 0.4) is 0 Å². The highest BCUT2D eigenvalue weighted by Gasteiger charge is 2.44. The van der Waals surface area contributed by atoms with Crippen molar-refractivity contribution < 1.29 is 23.9 Å². The van der Waals surface area contributed by atoms with E-state index < -0.39 is 17.3 Å². The lowest BCUT2D eigenvalue weighted by Crippen LogP contribution is -2.51. The molecule has 2 aliphatic rings. The smallest absolute Gasteiger partial charge is 0.311 e. The molecule has 1 N–H and O–H groups in total. The fourth-order valence-electron chi connectivity index (χ4n) is 3.61. The Morgan fingerprint density at radius 2 is 1.92 bits per heavy atom. The molecule has 25 heavy (non-hydrogen) atoms. The van der Waals surface area contributed by atoms with Crippen LogP contribution in [0.2, 0.25) is 0 Å². The number of carbonyl (C=O) groups is 3. The second-order valence-corrected chi connectivity index (χ2v) is 7.04. The van der Waals surface area contributed by atoms with Crippen molar-refractivity contribution in [3.8, 4) is 0 Å². The summed E-state index contributed by atoms with van der Waals surface area (Å²) >= 11 is 0. The molecule has 0 saturated carbocycles. The van der Waals surface area contributed by atoms with Crippen LogP contribution in [-0.4, -0.2) is 47.4 Å². The van der Waals surface area contributed by atoms with E-state index in [0.717, 1.165) is 0 Å². The molecule has 0 bridgehead atoms. The third-order valence-corrected chi connectivity index (χ3v) is 5.17. The summed E-state index contributed by atoms with van der Waals surface area (Å²) in [5, 5.41) is 9.38.